The second-order valence-electron chi connectivity index (χ2n) is 5.61. The number of furan rings is 1. The van der Waals surface area contributed by atoms with Crippen LogP contribution in [0.25, 0.3) is 0 Å². The number of esters is 1. The van der Waals surface area contributed by atoms with Gasteiger partial charge in [-0.25, -0.2) is 4.79 Å². The zero-order chi connectivity index (χ0) is 16.2. The highest BCUT2D eigenvalue weighted by atomic mass is 32.1. The highest BCUT2D eigenvalue weighted by Gasteiger charge is 2.22. The van der Waals surface area contributed by atoms with Crippen LogP contribution in [0.2, 0.25) is 0 Å². The monoisotopic (exact) mass is 333 g/mol. The highest BCUT2D eigenvalue weighted by Crippen LogP contribution is 2.30. The van der Waals surface area contributed by atoms with Gasteiger partial charge in [-0.1, -0.05) is 0 Å². The molecule has 1 N–H and O–H groups in total. The molecule has 2 aromatic rings. The molecule has 6 heteroatoms. The summed E-state index contributed by atoms with van der Waals surface area (Å²) in [6.07, 6.45) is 5.11. The van der Waals surface area contributed by atoms with Crippen molar-refractivity contribution in [1.29, 1.82) is 0 Å². The quantitative estimate of drug-likeness (QED) is 0.854. The fourth-order valence-corrected chi connectivity index (χ4v) is 3.73. The van der Waals surface area contributed by atoms with Gasteiger partial charge in [0.05, 0.1) is 12.8 Å². The third kappa shape index (κ3) is 3.82. The second-order valence-corrected chi connectivity index (χ2v) is 6.75. The lowest BCUT2D eigenvalue weighted by Gasteiger charge is -2.12. The number of ether oxygens (including phenoxy) is 1. The molecule has 0 fully saturated rings. The first kappa shape index (κ1) is 15.8. The molecule has 0 aromatic carbocycles. The smallest absolute Gasteiger partial charge is 0.349 e. The molecule has 2 aromatic heterocycles. The van der Waals surface area contributed by atoms with E-state index in [1.54, 1.807) is 25.3 Å². The van der Waals surface area contributed by atoms with Gasteiger partial charge < -0.3 is 14.5 Å². The Hall–Kier alpha value is -2.08. The average molecular weight is 333 g/mol. The first-order valence-corrected chi connectivity index (χ1v) is 8.58. The molecule has 1 aliphatic carbocycles. The SMILES string of the molecule is C[C@@H](OC(=O)c1cc2c(s1)CCCC2)C(=O)NCc1ccco1. The fraction of sp³-hybridized carbons (Fsp3) is 0.412. The number of amides is 1. The summed E-state index contributed by atoms with van der Waals surface area (Å²) in [5.74, 6) is -0.107. The van der Waals surface area contributed by atoms with Crippen molar-refractivity contribution >= 4 is 23.2 Å². The second kappa shape index (κ2) is 7.00. The van der Waals surface area contributed by atoms with Gasteiger partial charge in [-0.05, 0) is 56.4 Å². The molecule has 122 valence electrons. The van der Waals surface area contributed by atoms with Crippen LogP contribution in [0.4, 0.5) is 0 Å². The average Bonchev–Trinajstić information content (AvgIpc) is 3.21. The number of aryl methyl sites for hydroxylation is 2. The summed E-state index contributed by atoms with van der Waals surface area (Å²) in [5, 5.41) is 2.68. The summed E-state index contributed by atoms with van der Waals surface area (Å²) in [7, 11) is 0. The predicted molar refractivity (Wildman–Crippen MR) is 86.4 cm³/mol. The van der Waals surface area contributed by atoms with Crippen LogP contribution >= 0.6 is 11.3 Å². The Morgan fingerprint density at radius 2 is 2.22 bits per heavy atom. The Bertz CT molecular complexity index is 666. The molecule has 1 aliphatic rings. The summed E-state index contributed by atoms with van der Waals surface area (Å²) < 4.78 is 10.4. The van der Waals surface area contributed by atoms with Crippen LogP contribution in [0.5, 0.6) is 0 Å². The van der Waals surface area contributed by atoms with Crippen LogP contribution in [0.1, 0.15) is 45.6 Å². The molecule has 0 bridgehead atoms. The minimum Gasteiger partial charge on any atom is -0.467 e. The van der Waals surface area contributed by atoms with E-state index in [1.165, 1.54) is 34.6 Å². The Balaban J connectivity index is 1.54. The molecule has 0 radical (unpaired) electrons. The topological polar surface area (TPSA) is 68.5 Å². The van der Waals surface area contributed by atoms with Gasteiger partial charge >= 0.3 is 5.97 Å². The third-order valence-corrected chi connectivity index (χ3v) is 5.08. The van der Waals surface area contributed by atoms with Crippen molar-refractivity contribution in [2.45, 2.75) is 45.3 Å². The molecular formula is C17H19NO4S. The van der Waals surface area contributed by atoms with Crippen LogP contribution in [0.15, 0.2) is 28.9 Å². The van der Waals surface area contributed by atoms with E-state index in [-0.39, 0.29) is 12.5 Å². The zero-order valence-corrected chi connectivity index (χ0v) is 13.8. The van der Waals surface area contributed by atoms with Crippen molar-refractivity contribution in [2.75, 3.05) is 0 Å². The van der Waals surface area contributed by atoms with E-state index >= 15 is 0 Å². The summed E-state index contributed by atoms with van der Waals surface area (Å²) in [6.45, 7) is 1.85. The van der Waals surface area contributed by atoms with Crippen molar-refractivity contribution in [3.8, 4) is 0 Å². The van der Waals surface area contributed by atoms with Crippen molar-refractivity contribution in [3.05, 3.63) is 45.5 Å². The molecule has 0 unspecified atom stereocenters. The Kier molecular flexibility index (Phi) is 4.81. The van der Waals surface area contributed by atoms with Crippen LogP contribution in [0, 0.1) is 0 Å². The molecule has 0 saturated carbocycles. The Morgan fingerprint density at radius 3 is 2.96 bits per heavy atom. The third-order valence-electron chi connectivity index (χ3n) is 3.87. The van der Waals surface area contributed by atoms with Crippen LogP contribution in [-0.4, -0.2) is 18.0 Å². The molecule has 5 nitrogen and oxygen atoms in total. The summed E-state index contributed by atoms with van der Waals surface area (Å²) in [6, 6.07) is 5.44. The molecule has 1 atom stereocenters. The van der Waals surface area contributed by atoms with Gasteiger partial charge in [0.2, 0.25) is 0 Å². The van der Waals surface area contributed by atoms with Crippen LogP contribution in [-0.2, 0) is 28.9 Å². The number of hydrogen-bond donors (Lipinski definition) is 1. The summed E-state index contributed by atoms with van der Waals surface area (Å²) in [5.41, 5.74) is 1.25. The summed E-state index contributed by atoms with van der Waals surface area (Å²) >= 11 is 1.49. The Morgan fingerprint density at radius 1 is 1.39 bits per heavy atom. The van der Waals surface area contributed by atoms with Crippen LogP contribution < -0.4 is 5.32 Å². The normalized spacial score (nSPS) is 14.8. The van der Waals surface area contributed by atoms with E-state index in [1.807, 2.05) is 6.07 Å². The largest absolute Gasteiger partial charge is 0.467 e. The maximum absolute atomic E-state index is 12.2. The van der Waals surface area contributed by atoms with Gasteiger partial charge in [-0.15, -0.1) is 11.3 Å². The van der Waals surface area contributed by atoms with Crippen molar-refractivity contribution in [2.24, 2.45) is 0 Å². The molecule has 23 heavy (non-hydrogen) atoms. The maximum Gasteiger partial charge on any atom is 0.349 e. The minimum atomic E-state index is -0.836. The number of nitrogens with one attached hydrogen (secondary N) is 1. The molecule has 0 saturated heterocycles. The van der Waals surface area contributed by atoms with E-state index in [2.05, 4.69) is 5.32 Å². The number of carbonyl (C=O) groups is 2. The van der Waals surface area contributed by atoms with Gasteiger partial charge in [-0.2, -0.15) is 0 Å². The van der Waals surface area contributed by atoms with Crippen molar-refractivity contribution < 1.29 is 18.7 Å². The fourth-order valence-electron chi connectivity index (χ4n) is 2.59. The summed E-state index contributed by atoms with van der Waals surface area (Å²) in [4.78, 5) is 26.0. The molecule has 0 aliphatic heterocycles. The molecule has 0 spiro atoms. The van der Waals surface area contributed by atoms with E-state index in [0.717, 1.165) is 12.8 Å². The van der Waals surface area contributed by atoms with E-state index in [0.29, 0.717) is 10.6 Å². The first-order chi connectivity index (χ1) is 11.1. The number of carbonyl (C=O) groups excluding carboxylic acids is 2. The molecule has 3 rings (SSSR count). The Labute approximate surface area is 138 Å². The van der Waals surface area contributed by atoms with E-state index in [9.17, 15) is 9.59 Å². The molecule has 2 heterocycles. The first-order valence-electron chi connectivity index (χ1n) is 7.76. The van der Waals surface area contributed by atoms with E-state index in [4.69, 9.17) is 9.15 Å². The number of thiophene rings is 1. The number of hydrogen-bond acceptors (Lipinski definition) is 5. The number of fused-ring (bicyclic) bond motifs is 1. The minimum absolute atomic E-state index is 0.279. The number of rotatable bonds is 5. The standard InChI is InChI=1S/C17H19NO4S/c1-11(16(19)18-10-13-6-4-8-21-13)22-17(20)15-9-12-5-2-3-7-14(12)23-15/h4,6,8-9,11H,2-3,5,7,10H2,1H3,(H,18,19)/t11-/m1/s1. The van der Waals surface area contributed by atoms with Gasteiger partial charge in [0, 0.05) is 4.88 Å². The van der Waals surface area contributed by atoms with Crippen molar-refractivity contribution in [3.63, 3.8) is 0 Å². The van der Waals surface area contributed by atoms with Gasteiger partial charge in [-0.3, -0.25) is 4.79 Å². The molecule has 1 amide bonds. The van der Waals surface area contributed by atoms with Crippen molar-refractivity contribution in [1.82, 2.24) is 5.32 Å². The van der Waals surface area contributed by atoms with Gasteiger partial charge in [0.1, 0.15) is 10.6 Å². The van der Waals surface area contributed by atoms with Crippen LogP contribution in [0.3, 0.4) is 0 Å². The zero-order valence-electron chi connectivity index (χ0n) is 13.0. The highest BCUT2D eigenvalue weighted by molar-refractivity contribution is 7.14. The maximum atomic E-state index is 12.2. The molecular weight excluding hydrogens is 314 g/mol. The van der Waals surface area contributed by atoms with Gasteiger partial charge in [0.25, 0.3) is 5.91 Å². The lowest BCUT2D eigenvalue weighted by Crippen LogP contribution is -2.35. The lowest BCUT2D eigenvalue weighted by atomic mass is 9.99. The van der Waals surface area contributed by atoms with Gasteiger partial charge in [0.15, 0.2) is 6.10 Å². The predicted octanol–water partition coefficient (Wildman–Crippen LogP) is 3.08. The lowest BCUT2D eigenvalue weighted by molar-refractivity contribution is -0.129. The van der Waals surface area contributed by atoms with E-state index < -0.39 is 12.1 Å².